The third-order valence-corrected chi connectivity index (χ3v) is 2.62. The van der Waals surface area contributed by atoms with Crippen molar-refractivity contribution < 1.29 is 13.5 Å². The molecule has 0 saturated heterocycles. The van der Waals surface area contributed by atoms with Gasteiger partial charge in [0.2, 0.25) is 0 Å². The van der Waals surface area contributed by atoms with Crippen LogP contribution in [0.1, 0.15) is 5.56 Å². The Labute approximate surface area is 110 Å². The third-order valence-electron chi connectivity index (χ3n) is 2.62. The van der Waals surface area contributed by atoms with Gasteiger partial charge in [0.05, 0.1) is 7.11 Å². The van der Waals surface area contributed by atoms with Gasteiger partial charge in [0.25, 0.3) is 0 Å². The third kappa shape index (κ3) is 3.64. The average molecular weight is 264 g/mol. The van der Waals surface area contributed by atoms with Crippen LogP contribution in [0.4, 0.5) is 14.6 Å². The Bertz CT molecular complexity index is 541. The molecule has 0 spiro atoms. The maximum Gasteiger partial charge on any atom is 0.168 e. The van der Waals surface area contributed by atoms with Crippen molar-refractivity contribution in [3.63, 3.8) is 0 Å². The number of halogens is 2. The molecule has 0 aliphatic heterocycles. The summed E-state index contributed by atoms with van der Waals surface area (Å²) in [5.41, 5.74) is 0.597. The van der Waals surface area contributed by atoms with E-state index >= 15 is 0 Å². The Morgan fingerprint density at radius 1 is 1.21 bits per heavy atom. The normalized spacial score (nSPS) is 10.3. The second-order valence-electron chi connectivity index (χ2n) is 4.01. The molecule has 0 atom stereocenters. The zero-order chi connectivity index (χ0) is 13.7. The molecule has 1 N–H and O–H groups in total. The molecule has 3 nitrogen and oxygen atoms in total. The van der Waals surface area contributed by atoms with Crippen LogP contribution in [0, 0.1) is 11.6 Å². The second kappa shape index (κ2) is 6.13. The highest BCUT2D eigenvalue weighted by Crippen LogP contribution is 2.19. The van der Waals surface area contributed by atoms with Crippen LogP contribution in [0.15, 0.2) is 36.5 Å². The van der Waals surface area contributed by atoms with E-state index in [1.165, 1.54) is 12.1 Å². The van der Waals surface area contributed by atoms with Crippen LogP contribution in [0.5, 0.6) is 5.75 Å². The lowest BCUT2D eigenvalue weighted by molar-refractivity contribution is 0.415. The lowest BCUT2D eigenvalue weighted by Crippen LogP contribution is -2.07. The molecule has 0 fully saturated rings. The van der Waals surface area contributed by atoms with Crippen LogP contribution >= 0.6 is 0 Å². The number of ether oxygens (including phenoxy) is 1. The van der Waals surface area contributed by atoms with E-state index in [1.54, 1.807) is 25.4 Å². The van der Waals surface area contributed by atoms with Gasteiger partial charge in [-0.2, -0.15) is 0 Å². The van der Waals surface area contributed by atoms with E-state index in [9.17, 15) is 8.78 Å². The zero-order valence-electron chi connectivity index (χ0n) is 10.5. The molecule has 2 aromatic rings. The molecule has 0 radical (unpaired) electrons. The van der Waals surface area contributed by atoms with Crippen LogP contribution in [-0.4, -0.2) is 18.6 Å². The van der Waals surface area contributed by atoms with Gasteiger partial charge in [0.1, 0.15) is 11.6 Å². The monoisotopic (exact) mass is 264 g/mol. The Kier molecular flexibility index (Phi) is 4.28. The van der Waals surface area contributed by atoms with Crippen molar-refractivity contribution in [3.8, 4) is 5.75 Å². The van der Waals surface area contributed by atoms with E-state index in [0.29, 0.717) is 30.1 Å². The SMILES string of the molecule is COc1cccnc1NCCc1cc(F)cc(F)c1. The fourth-order valence-corrected chi connectivity index (χ4v) is 1.77. The van der Waals surface area contributed by atoms with Gasteiger partial charge >= 0.3 is 0 Å². The van der Waals surface area contributed by atoms with Crippen molar-refractivity contribution in [3.05, 3.63) is 53.7 Å². The van der Waals surface area contributed by atoms with Crippen LogP contribution in [-0.2, 0) is 6.42 Å². The number of nitrogens with zero attached hydrogens (tertiary/aromatic N) is 1. The number of hydrogen-bond donors (Lipinski definition) is 1. The summed E-state index contributed by atoms with van der Waals surface area (Å²) < 4.78 is 31.1. The minimum absolute atomic E-state index is 0.494. The predicted octanol–water partition coefficient (Wildman–Crippen LogP) is 3.02. The highest BCUT2D eigenvalue weighted by atomic mass is 19.1. The number of benzene rings is 1. The summed E-state index contributed by atoms with van der Waals surface area (Å²) in [7, 11) is 1.56. The van der Waals surface area contributed by atoms with E-state index < -0.39 is 11.6 Å². The standard InChI is InChI=1S/C14H14F2N2O/c1-19-13-3-2-5-17-14(13)18-6-4-10-7-11(15)9-12(16)8-10/h2-3,5,7-9H,4,6H2,1H3,(H,17,18). The van der Waals surface area contributed by atoms with Crippen molar-refractivity contribution in [1.82, 2.24) is 4.98 Å². The molecule has 0 unspecified atom stereocenters. The number of nitrogens with one attached hydrogen (secondary N) is 1. The number of anilines is 1. The first kappa shape index (κ1) is 13.3. The predicted molar refractivity (Wildman–Crippen MR) is 69.3 cm³/mol. The summed E-state index contributed by atoms with van der Waals surface area (Å²) in [5.74, 6) is 0.116. The summed E-state index contributed by atoms with van der Waals surface area (Å²) in [6.45, 7) is 0.510. The van der Waals surface area contributed by atoms with Gasteiger partial charge < -0.3 is 10.1 Å². The molecule has 2 rings (SSSR count). The van der Waals surface area contributed by atoms with Crippen molar-refractivity contribution in [1.29, 1.82) is 0 Å². The van der Waals surface area contributed by atoms with Gasteiger partial charge in [-0.15, -0.1) is 0 Å². The first-order chi connectivity index (χ1) is 9.19. The molecule has 1 aromatic carbocycles. The summed E-state index contributed by atoms with van der Waals surface area (Å²) >= 11 is 0. The molecule has 0 bridgehead atoms. The first-order valence-corrected chi connectivity index (χ1v) is 5.87. The Balaban J connectivity index is 1.96. The van der Waals surface area contributed by atoms with Crippen LogP contribution in [0.2, 0.25) is 0 Å². The summed E-state index contributed by atoms with van der Waals surface area (Å²) in [4.78, 5) is 4.13. The minimum Gasteiger partial charge on any atom is -0.493 e. The quantitative estimate of drug-likeness (QED) is 0.901. The zero-order valence-corrected chi connectivity index (χ0v) is 10.5. The highest BCUT2D eigenvalue weighted by Gasteiger charge is 2.04. The molecule has 0 aliphatic rings. The molecule has 100 valence electrons. The molecule has 5 heteroatoms. The van der Waals surface area contributed by atoms with Gasteiger partial charge in [-0.05, 0) is 36.2 Å². The number of aromatic nitrogens is 1. The van der Waals surface area contributed by atoms with Crippen molar-refractivity contribution >= 4 is 5.82 Å². The molecule has 0 aliphatic carbocycles. The molecular weight excluding hydrogens is 250 g/mol. The van der Waals surface area contributed by atoms with E-state index in [1.807, 2.05) is 0 Å². The number of hydrogen-bond acceptors (Lipinski definition) is 3. The molecule has 19 heavy (non-hydrogen) atoms. The Hall–Kier alpha value is -2.17. The van der Waals surface area contributed by atoms with Crippen molar-refractivity contribution in [2.75, 3.05) is 19.0 Å². The van der Waals surface area contributed by atoms with Gasteiger partial charge in [0, 0.05) is 18.8 Å². The number of rotatable bonds is 5. The van der Waals surface area contributed by atoms with Gasteiger partial charge in [-0.1, -0.05) is 0 Å². The summed E-state index contributed by atoms with van der Waals surface area (Å²) in [6.07, 6.45) is 2.14. The molecule has 1 heterocycles. The largest absolute Gasteiger partial charge is 0.493 e. The van der Waals surface area contributed by atoms with Crippen LogP contribution in [0.3, 0.4) is 0 Å². The second-order valence-corrected chi connectivity index (χ2v) is 4.01. The molecule has 0 saturated carbocycles. The molecule has 0 amide bonds. The number of pyridine rings is 1. The maximum atomic E-state index is 13.0. The minimum atomic E-state index is -0.564. The molecular formula is C14H14F2N2O. The topological polar surface area (TPSA) is 34.1 Å². The van der Waals surface area contributed by atoms with Crippen LogP contribution in [0.25, 0.3) is 0 Å². The van der Waals surface area contributed by atoms with Gasteiger partial charge in [0.15, 0.2) is 11.6 Å². The highest BCUT2D eigenvalue weighted by molar-refractivity contribution is 5.49. The molecule has 1 aromatic heterocycles. The summed E-state index contributed by atoms with van der Waals surface area (Å²) in [6, 6.07) is 7.06. The lowest BCUT2D eigenvalue weighted by atomic mass is 10.1. The Morgan fingerprint density at radius 3 is 2.63 bits per heavy atom. The fourth-order valence-electron chi connectivity index (χ4n) is 1.77. The van der Waals surface area contributed by atoms with Crippen molar-refractivity contribution in [2.24, 2.45) is 0 Å². The van der Waals surface area contributed by atoms with E-state index in [2.05, 4.69) is 10.3 Å². The summed E-state index contributed by atoms with van der Waals surface area (Å²) in [5, 5.41) is 3.07. The van der Waals surface area contributed by atoms with Crippen LogP contribution < -0.4 is 10.1 Å². The van der Waals surface area contributed by atoms with E-state index in [4.69, 9.17) is 4.74 Å². The smallest absolute Gasteiger partial charge is 0.168 e. The average Bonchev–Trinajstić information content (AvgIpc) is 2.38. The van der Waals surface area contributed by atoms with Crippen molar-refractivity contribution in [2.45, 2.75) is 6.42 Å². The lowest BCUT2D eigenvalue weighted by Gasteiger charge is -2.09. The van der Waals surface area contributed by atoms with Gasteiger partial charge in [-0.3, -0.25) is 0 Å². The Morgan fingerprint density at radius 2 is 1.95 bits per heavy atom. The van der Waals surface area contributed by atoms with E-state index in [-0.39, 0.29) is 0 Å². The van der Waals surface area contributed by atoms with E-state index in [0.717, 1.165) is 6.07 Å². The number of methoxy groups -OCH3 is 1. The van der Waals surface area contributed by atoms with Gasteiger partial charge in [-0.25, -0.2) is 13.8 Å². The first-order valence-electron chi connectivity index (χ1n) is 5.87. The maximum absolute atomic E-state index is 13.0. The fraction of sp³-hybridized carbons (Fsp3) is 0.214.